The molecule has 0 radical (unpaired) electrons. The summed E-state index contributed by atoms with van der Waals surface area (Å²) in [4.78, 5) is 0. The summed E-state index contributed by atoms with van der Waals surface area (Å²) in [6.07, 6.45) is 1.25. The summed E-state index contributed by atoms with van der Waals surface area (Å²) in [5.41, 5.74) is 0.982. The Morgan fingerprint density at radius 3 is 2.53 bits per heavy atom. The molecule has 3 nitrogen and oxygen atoms in total. The average molecular weight is 266 g/mol. The SMILES string of the molecule is O/N=C/c1ccc(-c2ccc(Br)cc2)o1. The van der Waals surface area contributed by atoms with E-state index >= 15 is 0 Å². The number of nitrogens with zero attached hydrogens (tertiary/aromatic N) is 1. The molecule has 0 spiro atoms. The molecule has 0 atom stereocenters. The van der Waals surface area contributed by atoms with Gasteiger partial charge in [-0.25, -0.2) is 0 Å². The highest BCUT2D eigenvalue weighted by Gasteiger charge is 2.02. The first-order chi connectivity index (χ1) is 7.29. The molecule has 0 bridgehead atoms. The second kappa shape index (κ2) is 4.31. The van der Waals surface area contributed by atoms with Crippen molar-refractivity contribution in [3.05, 3.63) is 46.6 Å². The van der Waals surface area contributed by atoms with E-state index in [1.165, 1.54) is 6.21 Å². The lowest BCUT2D eigenvalue weighted by molar-refractivity contribution is 0.321. The van der Waals surface area contributed by atoms with Crippen molar-refractivity contribution in [3.63, 3.8) is 0 Å². The first kappa shape index (κ1) is 9.98. The Kier molecular flexibility index (Phi) is 2.87. The number of hydrogen-bond acceptors (Lipinski definition) is 3. The quantitative estimate of drug-likeness (QED) is 0.513. The Labute approximate surface area is 95.2 Å². The summed E-state index contributed by atoms with van der Waals surface area (Å²) in [6.45, 7) is 0. The van der Waals surface area contributed by atoms with Gasteiger partial charge in [-0.2, -0.15) is 0 Å². The Bertz CT molecular complexity index is 474. The third-order valence-corrected chi connectivity index (χ3v) is 2.47. The second-order valence-electron chi connectivity index (χ2n) is 2.95. The van der Waals surface area contributed by atoms with Crippen LogP contribution in [0.3, 0.4) is 0 Å². The van der Waals surface area contributed by atoms with E-state index < -0.39 is 0 Å². The standard InChI is InChI=1S/C11H8BrNO2/c12-9-3-1-8(2-4-9)11-6-5-10(15-11)7-13-14/h1-7,14H/b13-7+. The van der Waals surface area contributed by atoms with Crippen LogP contribution in [-0.2, 0) is 0 Å². The summed E-state index contributed by atoms with van der Waals surface area (Å²) in [5.74, 6) is 1.27. The van der Waals surface area contributed by atoms with Crippen LogP contribution >= 0.6 is 15.9 Å². The van der Waals surface area contributed by atoms with E-state index in [4.69, 9.17) is 9.62 Å². The van der Waals surface area contributed by atoms with Gasteiger partial charge in [0.1, 0.15) is 17.7 Å². The fourth-order valence-corrected chi connectivity index (χ4v) is 1.51. The van der Waals surface area contributed by atoms with Crippen molar-refractivity contribution in [2.45, 2.75) is 0 Å². The Morgan fingerprint density at radius 1 is 1.13 bits per heavy atom. The minimum atomic E-state index is 0.524. The second-order valence-corrected chi connectivity index (χ2v) is 3.87. The molecule has 1 aromatic heterocycles. The molecular formula is C11H8BrNO2. The number of rotatable bonds is 2. The van der Waals surface area contributed by atoms with Crippen molar-refractivity contribution in [1.29, 1.82) is 0 Å². The minimum absolute atomic E-state index is 0.524. The van der Waals surface area contributed by atoms with Gasteiger partial charge in [0, 0.05) is 10.0 Å². The van der Waals surface area contributed by atoms with Gasteiger partial charge in [-0.15, -0.1) is 0 Å². The third kappa shape index (κ3) is 2.27. The summed E-state index contributed by atoms with van der Waals surface area (Å²) in [6, 6.07) is 11.4. The molecule has 1 aromatic carbocycles. The largest absolute Gasteiger partial charge is 0.455 e. The maximum atomic E-state index is 8.34. The highest BCUT2D eigenvalue weighted by molar-refractivity contribution is 9.10. The van der Waals surface area contributed by atoms with E-state index in [2.05, 4.69) is 21.1 Å². The van der Waals surface area contributed by atoms with Crippen LogP contribution in [0.1, 0.15) is 5.76 Å². The molecule has 15 heavy (non-hydrogen) atoms. The van der Waals surface area contributed by atoms with Crippen LogP contribution in [0.15, 0.2) is 50.4 Å². The lowest BCUT2D eigenvalue weighted by atomic mass is 10.2. The predicted octanol–water partition coefficient (Wildman–Crippen LogP) is 3.52. The molecule has 2 aromatic rings. The summed E-state index contributed by atoms with van der Waals surface area (Å²) in [7, 11) is 0. The molecule has 76 valence electrons. The molecule has 0 fully saturated rings. The molecule has 0 unspecified atom stereocenters. The van der Waals surface area contributed by atoms with Crippen molar-refractivity contribution in [3.8, 4) is 11.3 Å². The summed E-state index contributed by atoms with van der Waals surface area (Å²) >= 11 is 3.36. The summed E-state index contributed by atoms with van der Waals surface area (Å²) in [5, 5.41) is 11.2. The van der Waals surface area contributed by atoms with Gasteiger partial charge in [0.05, 0.1) is 0 Å². The van der Waals surface area contributed by atoms with Gasteiger partial charge in [-0.1, -0.05) is 33.2 Å². The van der Waals surface area contributed by atoms with Gasteiger partial charge in [0.25, 0.3) is 0 Å². The van der Waals surface area contributed by atoms with Gasteiger partial charge < -0.3 is 9.62 Å². The monoisotopic (exact) mass is 265 g/mol. The van der Waals surface area contributed by atoms with Gasteiger partial charge >= 0.3 is 0 Å². The molecule has 1 heterocycles. The zero-order chi connectivity index (χ0) is 10.7. The molecule has 0 saturated carbocycles. The number of furan rings is 1. The fraction of sp³-hybridized carbons (Fsp3) is 0. The predicted molar refractivity (Wildman–Crippen MR) is 61.2 cm³/mol. The maximum Gasteiger partial charge on any atom is 0.149 e. The lowest BCUT2D eigenvalue weighted by Crippen LogP contribution is -1.74. The third-order valence-electron chi connectivity index (χ3n) is 1.94. The van der Waals surface area contributed by atoms with E-state index in [1.54, 1.807) is 6.07 Å². The van der Waals surface area contributed by atoms with Gasteiger partial charge in [-0.3, -0.25) is 0 Å². The van der Waals surface area contributed by atoms with E-state index in [0.717, 1.165) is 15.8 Å². The van der Waals surface area contributed by atoms with Crippen LogP contribution in [0.2, 0.25) is 0 Å². The highest BCUT2D eigenvalue weighted by atomic mass is 79.9. The number of hydrogen-bond donors (Lipinski definition) is 1. The normalized spacial score (nSPS) is 11.0. The number of halogens is 1. The van der Waals surface area contributed by atoms with Crippen LogP contribution in [0.5, 0.6) is 0 Å². The van der Waals surface area contributed by atoms with Gasteiger partial charge in [0.15, 0.2) is 0 Å². The van der Waals surface area contributed by atoms with Crippen molar-refractivity contribution >= 4 is 22.1 Å². The fourth-order valence-electron chi connectivity index (χ4n) is 1.25. The first-order valence-electron chi connectivity index (χ1n) is 4.33. The van der Waals surface area contributed by atoms with Gasteiger partial charge in [-0.05, 0) is 24.3 Å². The van der Waals surface area contributed by atoms with Crippen molar-refractivity contribution in [2.24, 2.45) is 5.16 Å². The highest BCUT2D eigenvalue weighted by Crippen LogP contribution is 2.23. The molecule has 4 heteroatoms. The molecule has 2 rings (SSSR count). The average Bonchev–Trinajstić information content (AvgIpc) is 2.68. The van der Waals surface area contributed by atoms with E-state index in [1.807, 2.05) is 30.3 Å². The van der Waals surface area contributed by atoms with E-state index in [-0.39, 0.29) is 0 Å². The summed E-state index contributed by atoms with van der Waals surface area (Å²) < 4.78 is 6.45. The van der Waals surface area contributed by atoms with Crippen LogP contribution in [-0.4, -0.2) is 11.4 Å². The molecule has 0 aliphatic rings. The maximum absolute atomic E-state index is 8.34. The first-order valence-corrected chi connectivity index (χ1v) is 5.12. The molecule has 0 saturated heterocycles. The van der Waals surface area contributed by atoms with Gasteiger partial charge in [0.2, 0.25) is 0 Å². The zero-order valence-electron chi connectivity index (χ0n) is 7.72. The topological polar surface area (TPSA) is 45.7 Å². The number of oxime groups is 1. The molecular weight excluding hydrogens is 258 g/mol. The van der Waals surface area contributed by atoms with Crippen LogP contribution < -0.4 is 0 Å². The van der Waals surface area contributed by atoms with Crippen LogP contribution in [0, 0.1) is 0 Å². The lowest BCUT2D eigenvalue weighted by Gasteiger charge is -1.96. The number of benzene rings is 1. The Morgan fingerprint density at radius 2 is 1.87 bits per heavy atom. The molecule has 0 aliphatic heterocycles. The molecule has 1 N–H and O–H groups in total. The van der Waals surface area contributed by atoms with Crippen LogP contribution in [0.25, 0.3) is 11.3 Å². The minimum Gasteiger partial charge on any atom is -0.455 e. The molecule has 0 aliphatic carbocycles. The zero-order valence-corrected chi connectivity index (χ0v) is 9.31. The van der Waals surface area contributed by atoms with Crippen molar-refractivity contribution in [1.82, 2.24) is 0 Å². The van der Waals surface area contributed by atoms with E-state index in [9.17, 15) is 0 Å². The Hall–Kier alpha value is -1.55. The van der Waals surface area contributed by atoms with Crippen LogP contribution in [0.4, 0.5) is 0 Å². The smallest absolute Gasteiger partial charge is 0.149 e. The van der Waals surface area contributed by atoms with Crippen molar-refractivity contribution in [2.75, 3.05) is 0 Å². The molecule has 0 amide bonds. The van der Waals surface area contributed by atoms with Crippen molar-refractivity contribution < 1.29 is 9.62 Å². The Balaban J connectivity index is 2.33. The van der Waals surface area contributed by atoms with E-state index in [0.29, 0.717) is 5.76 Å².